The molecule has 3 heteroatoms. The number of benzene rings is 1. The smallest absolute Gasteiger partial charge is 0.0412 e. The quantitative estimate of drug-likeness (QED) is 0.895. The Kier molecular flexibility index (Phi) is 4.75. The van der Waals surface area contributed by atoms with E-state index in [1.54, 1.807) is 0 Å². The van der Waals surface area contributed by atoms with Gasteiger partial charge in [0.15, 0.2) is 0 Å². The van der Waals surface area contributed by atoms with E-state index in [1.165, 1.54) is 31.4 Å². The molecule has 2 N–H and O–H groups in total. The van der Waals surface area contributed by atoms with Crippen LogP contribution in [0.2, 0.25) is 5.02 Å². The lowest BCUT2D eigenvalue weighted by Crippen LogP contribution is -2.40. The van der Waals surface area contributed by atoms with Crippen molar-refractivity contribution in [3.63, 3.8) is 0 Å². The van der Waals surface area contributed by atoms with Gasteiger partial charge in [-0.3, -0.25) is 0 Å². The zero-order chi connectivity index (χ0) is 13.9. The molecule has 0 unspecified atom stereocenters. The Morgan fingerprint density at radius 2 is 1.84 bits per heavy atom. The fraction of sp³-hybridized carbons (Fsp3) is 0.625. The minimum Gasteiger partial charge on any atom is -0.371 e. The van der Waals surface area contributed by atoms with Crippen LogP contribution in [-0.4, -0.2) is 13.1 Å². The number of halogens is 1. The molecule has 1 aliphatic rings. The van der Waals surface area contributed by atoms with Crippen LogP contribution in [0.3, 0.4) is 0 Å². The van der Waals surface area contributed by atoms with Crippen LogP contribution >= 0.6 is 11.6 Å². The summed E-state index contributed by atoms with van der Waals surface area (Å²) >= 11 is 6.05. The van der Waals surface area contributed by atoms with Gasteiger partial charge in [-0.25, -0.2) is 0 Å². The van der Waals surface area contributed by atoms with E-state index in [0.717, 1.165) is 23.7 Å². The Morgan fingerprint density at radius 3 is 2.37 bits per heavy atom. The highest BCUT2D eigenvalue weighted by Crippen LogP contribution is 2.39. The van der Waals surface area contributed by atoms with Crippen LogP contribution in [0.25, 0.3) is 0 Å². The molecule has 0 spiro atoms. The predicted molar refractivity (Wildman–Crippen MR) is 83.8 cm³/mol. The minimum absolute atomic E-state index is 0.555. The molecule has 1 heterocycles. The lowest BCUT2D eigenvalue weighted by atomic mass is 9.74. The minimum atomic E-state index is 0.555. The molecule has 106 valence electrons. The molecule has 0 atom stereocenters. The molecule has 0 radical (unpaired) electrons. The van der Waals surface area contributed by atoms with E-state index in [0.29, 0.717) is 12.0 Å². The average Bonchev–Trinajstić information content (AvgIpc) is 2.47. The van der Waals surface area contributed by atoms with E-state index in [4.69, 9.17) is 17.3 Å². The second kappa shape index (κ2) is 6.15. The Labute approximate surface area is 121 Å². The van der Waals surface area contributed by atoms with E-state index in [9.17, 15) is 0 Å². The zero-order valence-electron chi connectivity index (χ0n) is 12.1. The van der Waals surface area contributed by atoms with Gasteiger partial charge in [0.05, 0.1) is 0 Å². The summed E-state index contributed by atoms with van der Waals surface area (Å²) in [5, 5.41) is 0.776. The Hall–Kier alpha value is -0.730. The summed E-state index contributed by atoms with van der Waals surface area (Å²) in [4.78, 5) is 2.47. The molecule has 2 nitrogen and oxygen atoms in total. The molecule has 1 aromatic rings. The predicted octanol–water partition coefficient (Wildman–Crippen LogP) is 4.21. The lowest BCUT2D eigenvalue weighted by molar-refractivity contribution is 0.199. The maximum absolute atomic E-state index is 6.05. The molecule has 1 aromatic carbocycles. The molecule has 0 bridgehead atoms. The SMILES string of the molecule is CCC1(CC)CCN(c2ccc(Cl)cc2CN)CC1. The molecule has 1 aliphatic heterocycles. The van der Waals surface area contributed by atoms with Crippen molar-refractivity contribution >= 4 is 17.3 Å². The Morgan fingerprint density at radius 1 is 1.21 bits per heavy atom. The fourth-order valence-corrected chi connectivity index (χ4v) is 3.40. The number of piperidine rings is 1. The molecule has 0 aromatic heterocycles. The summed E-state index contributed by atoms with van der Waals surface area (Å²) < 4.78 is 0. The maximum atomic E-state index is 6.05. The van der Waals surface area contributed by atoms with Crippen molar-refractivity contribution in [2.24, 2.45) is 11.1 Å². The largest absolute Gasteiger partial charge is 0.371 e. The topological polar surface area (TPSA) is 29.3 Å². The molecule has 2 rings (SSSR count). The second-order valence-electron chi connectivity index (χ2n) is 5.67. The van der Waals surface area contributed by atoms with Crippen LogP contribution < -0.4 is 10.6 Å². The van der Waals surface area contributed by atoms with Crippen molar-refractivity contribution in [1.82, 2.24) is 0 Å². The van der Waals surface area contributed by atoms with E-state index in [2.05, 4.69) is 24.8 Å². The number of rotatable bonds is 4. The first-order valence-electron chi connectivity index (χ1n) is 7.37. The first kappa shape index (κ1) is 14.7. The van der Waals surface area contributed by atoms with Crippen molar-refractivity contribution in [2.75, 3.05) is 18.0 Å². The third kappa shape index (κ3) is 3.06. The highest BCUT2D eigenvalue weighted by atomic mass is 35.5. The van der Waals surface area contributed by atoms with Crippen molar-refractivity contribution < 1.29 is 0 Å². The van der Waals surface area contributed by atoms with Crippen molar-refractivity contribution in [1.29, 1.82) is 0 Å². The number of nitrogens with zero attached hydrogens (tertiary/aromatic N) is 1. The summed E-state index contributed by atoms with van der Waals surface area (Å²) in [7, 11) is 0. The van der Waals surface area contributed by atoms with Gasteiger partial charge >= 0.3 is 0 Å². The number of anilines is 1. The fourth-order valence-electron chi connectivity index (χ4n) is 3.21. The van der Waals surface area contributed by atoms with Crippen LogP contribution in [0.5, 0.6) is 0 Å². The Balaban J connectivity index is 2.13. The summed E-state index contributed by atoms with van der Waals surface area (Å²) in [5.74, 6) is 0. The third-order valence-electron chi connectivity index (χ3n) is 4.93. The van der Waals surface area contributed by atoms with Gasteiger partial charge in [-0.05, 0) is 42.0 Å². The standard InChI is InChI=1S/C16H25ClN2/c1-3-16(4-2)7-9-19(10-8-16)15-6-5-14(17)11-13(15)12-18/h5-6,11H,3-4,7-10,12,18H2,1-2H3. The normalized spacial score (nSPS) is 18.6. The maximum Gasteiger partial charge on any atom is 0.0412 e. The molecular formula is C16H25ClN2. The first-order valence-corrected chi connectivity index (χ1v) is 7.75. The summed E-state index contributed by atoms with van der Waals surface area (Å²) in [5.41, 5.74) is 8.84. The van der Waals surface area contributed by atoms with Gasteiger partial charge in [-0.15, -0.1) is 0 Å². The lowest BCUT2D eigenvalue weighted by Gasteiger charge is -2.42. The summed E-state index contributed by atoms with van der Waals surface area (Å²) in [6.45, 7) is 7.48. The van der Waals surface area contributed by atoms with Crippen molar-refractivity contribution in [3.05, 3.63) is 28.8 Å². The highest BCUT2D eigenvalue weighted by Gasteiger charge is 2.31. The van der Waals surface area contributed by atoms with Gasteiger partial charge in [0, 0.05) is 30.3 Å². The van der Waals surface area contributed by atoms with Gasteiger partial charge in [0.25, 0.3) is 0 Å². The van der Waals surface area contributed by atoms with Gasteiger partial charge in [0.2, 0.25) is 0 Å². The van der Waals surface area contributed by atoms with E-state index in [1.807, 2.05) is 12.1 Å². The van der Waals surface area contributed by atoms with Crippen molar-refractivity contribution in [3.8, 4) is 0 Å². The highest BCUT2D eigenvalue weighted by molar-refractivity contribution is 6.30. The van der Waals surface area contributed by atoms with Crippen LogP contribution in [-0.2, 0) is 6.54 Å². The number of hydrogen-bond donors (Lipinski definition) is 1. The molecular weight excluding hydrogens is 256 g/mol. The van der Waals surface area contributed by atoms with Crippen LogP contribution in [0.1, 0.15) is 45.1 Å². The van der Waals surface area contributed by atoms with E-state index < -0.39 is 0 Å². The third-order valence-corrected chi connectivity index (χ3v) is 5.16. The zero-order valence-corrected chi connectivity index (χ0v) is 12.8. The molecule has 0 amide bonds. The monoisotopic (exact) mass is 280 g/mol. The summed E-state index contributed by atoms with van der Waals surface area (Å²) in [6.07, 6.45) is 5.16. The van der Waals surface area contributed by atoms with Crippen LogP contribution in [0, 0.1) is 5.41 Å². The Bertz CT molecular complexity index is 417. The van der Waals surface area contributed by atoms with Gasteiger partial charge in [0.1, 0.15) is 0 Å². The first-order chi connectivity index (χ1) is 9.14. The molecule has 0 aliphatic carbocycles. The van der Waals surface area contributed by atoms with Crippen LogP contribution in [0.4, 0.5) is 5.69 Å². The van der Waals surface area contributed by atoms with Crippen LogP contribution in [0.15, 0.2) is 18.2 Å². The van der Waals surface area contributed by atoms with Gasteiger partial charge in [-0.1, -0.05) is 38.3 Å². The van der Waals surface area contributed by atoms with E-state index in [-0.39, 0.29) is 0 Å². The second-order valence-corrected chi connectivity index (χ2v) is 6.11. The molecule has 0 saturated carbocycles. The van der Waals surface area contributed by atoms with Crippen molar-refractivity contribution in [2.45, 2.75) is 46.1 Å². The average molecular weight is 281 g/mol. The molecule has 1 saturated heterocycles. The summed E-state index contributed by atoms with van der Waals surface area (Å²) in [6, 6.07) is 6.09. The van der Waals surface area contributed by atoms with Gasteiger partial charge in [-0.2, -0.15) is 0 Å². The molecule has 1 fully saturated rings. The van der Waals surface area contributed by atoms with Gasteiger partial charge < -0.3 is 10.6 Å². The van der Waals surface area contributed by atoms with E-state index >= 15 is 0 Å². The molecule has 19 heavy (non-hydrogen) atoms. The number of nitrogens with two attached hydrogens (primary N) is 1. The number of hydrogen-bond acceptors (Lipinski definition) is 2.